The molecule has 0 fully saturated rings. The molecule has 0 bridgehead atoms. The molecule has 168 valence electrons. The van der Waals surface area contributed by atoms with E-state index in [1.54, 1.807) is 54.6 Å². The molecule has 0 spiro atoms. The van der Waals surface area contributed by atoms with Gasteiger partial charge in [-0.25, -0.2) is 0 Å². The van der Waals surface area contributed by atoms with Crippen LogP contribution in [0.4, 0.5) is 13.2 Å². The maximum absolute atomic E-state index is 12.8. The van der Waals surface area contributed by atoms with Crippen LogP contribution in [0.25, 0.3) is 21.6 Å². The fraction of sp³-hybridized carbons (Fsp3) is 0.0800. The molecule has 1 amide bonds. The molecule has 8 heteroatoms. The fourth-order valence-electron chi connectivity index (χ4n) is 3.27. The molecule has 0 aliphatic heterocycles. The lowest BCUT2D eigenvalue weighted by Crippen LogP contribution is -2.21. The molecule has 3 aromatic carbocycles. The highest BCUT2D eigenvalue weighted by molar-refractivity contribution is 7.18. The molecule has 0 saturated heterocycles. The molecule has 4 aromatic rings. The number of thiophene rings is 1. The molecule has 4 nitrogen and oxygen atoms in total. The van der Waals surface area contributed by atoms with Crippen LogP contribution in [0, 0.1) is 0 Å². The SMILES string of the molecule is O=C(NCc1ccc(C(F)(F)F)cc1)c1cc(-c2ccc(O)cc2)c(-c2ccc(O)cc2)s1. The lowest BCUT2D eigenvalue weighted by Gasteiger charge is -2.08. The summed E-state index contributed by atoms with van der Waals surface area (Å²) in [6.45, 7) is 0.0813. The molecule has 33 heavy (non-hydrogen) atoms. The minimum Gasteiger partial charge on any atom is -0.508 e. The quantitative estimate of drug-likeness (QED) is 0.315. The maximum Gasteiger partial charge on any atom is 0.416 e. The molecule has 0 aliphatic carbocycles. The molecule has 0 atom stereocenters. The normalized spacial score (nSPS) is 11.4. The van der Waals surface area contributed by atoms with E-state index in [0.29, 0.717) is 10.4 Å². The Morgan fingerprint density at radius 2 is 1.36 bits per heavy atom. The van der Waals surface area contributed by atoms with Crippen molar-refractivity contribution in [1.82, 2.24) is 5.32 Å². The van der Waals surface area contributed by atoms with Gasteiger partial charge in [0.05, 0.1) is 10.4 Å². The van der Waals surface area contributed by atoms with Crippen molar-refractivity contribution in [3.05, 3.63) is 94.9 Å². The van der Waals surface area contributed by atoms with Crippen LogP contribution in [0.3, 0.4) is 0 Å². The van der Waals surface area contributed by atoms with Crippen molar-refractivity contribution in [3.63, 3.8) is 0 Å². The number of amides is 1. The van der Waals surface area contributed by atoms with Gasteiger partial charge in [-0.2, -0.15) is 13.2 Å². The first-order valence-corrected chi connectivity index (χ1v) is 10.7. The summed E-state index contributed by atoms with van der Waals surface area (Å²) in [4.78, 5) is 14.0. The molecule has 0 aliphatic rings. The molecular weight excluding hydrogens is 451 g/mol. The van der Waals surface area contributed by atoms with Crippen molar-refractivity contribution in [1.29, 1.82) is 0 Å². The highest BCUT2D eigenvalue weighted by atomic mass is 32.1. The third-order valence-electron chi connectivity index (χ3n) is 5.00. The minimum atomic E-state index is -4.41. The molecule has 0 saturated carbocycles. The van der Waals surface area contributed by atoms with E-state index in [1.165, 1.54) is 23.5 Å². The smallest absolute Gasteiger partial charge is 0.416 e. The van der Waals surface area contributed by atoms with E-state index in [9.17, 15) is 28.2 Å². The average molecular weight is 469 g/mol. The molecule has 0 radical (unpaired) electrons. The van der Waals surface area contributed by atoms with E-state index in [-0.39, 0.29) is 24.0 Å². The van der Waals surface area contributed by atoms with Crippen molar-refractivity contribution in [2.75, 3.05) is 0 Å². The van der Waals surface area contributed by atoms with E-state index in [0.717, 1.165) is 33.7 Å². The Morgan fingerprint density at radius 3 is 1.91 bits per heavy atom. The Kier molecular flexibility index (Phi) is 6.11. The van der Waals surface area contributed by atoms with E-state index in [4.69, 9.17) is 0 Å². The van der Waals surface area contributed by atoms with Gasteiger partial charge in [0.15, 0.2) is 0 Å². The number of carbonyl (C=O) groups is 1. The predicted octanol–water partition coefficient (Wildman–Crippen LogP) is 6.44. The lowest BCUT2D eigenvalue weighted by molar-refractivity contribution is -0.137. The number of halogens is 3. The highest BCUT2D eigenvalue weighted by Crippen LogP contribution is 2.40. The zero-order chi connectivity index (χ0) is 23.6. The van der Waals surface area contributed by atoms with Gasteiger partial charge in [-0.3, -0.25) is 4.79 Å². The number of benzene rings is 3. The zero-order valence-corrected chi connectivity index (χ0v) is 17.9. The number of hydrogen-bond donors (Lipinski definition) is 3. The van der Waals surface area contributed by atoms with Crippen LogP contribution in [0.1, 0.15) is 20.8 Å². The maximum atomic E-state index is 12.8. The molecule has 0 unspecified atom stereocenters. The Morgan fingerprint density at radius 1 is 0.818 bits per heavy atom. The summed E-state index contributed by atoms with van der Waals surface area (Å²) in [6.07, 6.45) is -4.41. The molecule has 1 aromatic heterocycles. The number of hydrogen-bond acceptors (Lipinski definition) is 4. The van der Waals surface area contributed by atoms with Crippen molar-refractivity contribution in [2.45, 2.75) is 12.7 Å². The summed E-state index contributed by atoms with van der Waals surface area (Å²) in [5.74, 6) is -0.115. The number of rotatable bonds is 5. The topological polar surface area (TPSA) is 69.6 Å². The second-order valence-electron chi connectivity index (χ2n) is 7.32. The molecule has 4 rings (SSSR count). The van der Waals surface area contributed by atoms with Gasteiger partial charge >= 0.3 is 6.18 Å². The van der Waals surface area contributed by atoms with Crippen LogP contribution in [-0.4, -0.2) is 16.1 Å². The Bertz CT molecular complexity index is 1200. The number of alkyl halides is 3. The second kappa shape index (κ2) is 8.99. The van der Waals surface area contributed by atoms with Gasteiger partial charge in [0.2, 0.25) is 0 Å². The van der Waals surface area contributed by atoms with Crippen LogP contribution >= 0.6 is 11.3 Å². The van der Waals surface area contributed by atoms with E-state index in [2.05, 4.69) is 5.32 Å². The van der Waals surface area contributed by atoms with Crippen LogP contribution in [0.5, 0.6) is 11.5 Å². The summed E-state index contributed by atoms with van der Waals surface area (Å²) in [5, 5.41) is 22.0. The molecular formula is C25H18F3NO3S. The monoisotopic (exact) mass is 469 g/mol. The summed E-state index contributed by atoms with van der Waals surface area (Å²) in [5.41, 5.74) is 2.19. The van der Waals surface area contributed by atoms with Gasteiger partial charge in [-0.1, -0.05) is 24.3 Å². The Labute approximate surface area is 191 Å². The summed E-state index contributed by atoms with van der Waals surface area (Å²) in [6, 6.07) is 19.6. The Balaban J connectivity index is 1.59. The Hall–Kier alpha value is -3.78. The van der Waals surface area contributed by atoms with E-state index in [1.807, 2.05) is 0 Å². The third-order valence-corrected chi connectivity index (χ3v) is 6.18. The first kappa shape index (κ1) is 22.4. The van der Waals surface area contributed by atoms with Gasteiger partial charge < -0.3 is 15.5 Å². The van der Waals surface area contributed by atoms with Gasteiger partial charge in [-0.05, 0) is 71.3 Å². The highest BCUT2D eigenvalue weighted by Gasteiger charge is 2.29. The average Bonchev–Trinajstić information content (AvgIpc) is 3.24. The van der Waals surface area contributed by atoms with Crippen LogP contribution in [-0.2, 0) is 12.7 Å². The molecule has 1 heterocycles. The lowest BCUT2D eigenvalue weighted by atomic mass is 10.0. The summed E-state index contributed by atoms with van der Waals surface area (Å²) >= 11 is 1.26. The predicted molar refractivity (Wildman–Crippen MR) is 121 cm³/mol. The number of carbonyl (C=O) groups excluding carboxylic acids is 1. The van der Waals surface area contributed by atoms with Gasteiger partial charge in [-0.15, -0.1) is 11.3 Å². The van der Waals surface area contributed by atoms with Crippen molar-refractivity contribution >= 4 is 17.2 Å². The first-order chi connectivity index (χ1) is 15.7. The molecule has 3 N–H and O–H groups in total. The second-order valence-corrected chi connectivity index (χ2v) is 8.38. The standard InChI is InChI=1S/C25H18F3NO3S/c26-25(27,28)18-7-1-15(2-8-18)14-29-24(32)22-13-21(16-3-9-19(30)10-4-16)23(33-22)17-5-11-20(31)12-6-17/h1-13,30-31H,14H2,(H,29,32). The summed E-state index contributed by atoms with van der Waals surface area (Å²) in [7, 11) is 0. The van der Waals surface area contributed by atoms with Crippen molar-refractivity contribution < 1.29 is 28.2 Å². The van der Waals surface area contributed by atoms with Crippen LogP contribution in [0.2, 0.25) is 0 Å². The van der Waals surface area contributed by atoms with Crippen molar-refractivity contribution in [2.24, 2.45) is 0 Å². The van der Waals surface area contributed by atoms with Gasteiger partial charge in [0, 0.05) is 17.0 Å². The van der Waals surface area contributed by atoms with Crippen LogP contribution < -0.4 is 5.32 Å². The summed E-state index contributed by atoms with van der Waals surface area (Å²) < 4.78 is 38.2. The number of phenols is 2. The van der Waals surface area contributed by atoms with E-state index < -0.39 is 11.7 Å². The van der Waals surface area contributed by atoms with Gasteiger partial charge in [0.25, 0.3) is 5.91 Å². The minimum absolute atomic E-state index is 0.0813. The largest absolute Gasteiger partial charge is 0.508 e. The van der Waals surface area contributed by atoms with E-state index >= 15 is 0 Å². The number of phenolic OH excluding ortho intramolecular Hbond substituents is 2. The van der Waals surface area contributed by atoms with Crippen molar-refractivity contribution in [3.8, 4) is 33.1 Å². The number of aromatic hydroxyl groups is 2. The van der Waals surface area contributed by atoms with Gasteiger partial charge in [0.1, 0.15) is 11.5 Å². The number of nitrogens with one attached hydrogen (secondary N) is 1. The van der Waals surface area contributed by atoms with Crippen LogP contribution in [0.15, 0.2) is 78.9 Å². The zero-order valence-electron chi connectivity index (χ0n) is 17.1. The third kappa shape index (κ3) is 5.18. The fourth-order valence-corrected chi connectivity index (χ4v) is 4.37. The first-order valence-electron chi connectivity index (χ1n) is 9.88.